The molecule has 1 atom stereocenters. The van der Waals surface area contributed by atoms with Crippen LogP contribution in [0, 0.1) is 5.92 Å². The van der Waals surface area contributed by atoms with Crippen LogP contribution in [0.2, 0.25) is 0 Å². The van der Waals surface area contributed by atoms with E-state index in [9.17, 15) is 19.2 Å². The monoisotopic (exact) mass is 411 g/mol. The zero-order valence-electron chi connectivity index (χ0n) is 16.0. The van der Waals surface area contributed by atoms with Crippen LogP contribution in [0.3, 0.4) is 0 Å². The molecule has 28 heavy (non-hydrogen) atoms. The van der Waals surface area contributed by atoms with E-state index in [4.69, 9.17) is 15.2 Å². The van der Waals surface area contributed by atoms with Crippen LogP contribution in [0.1, 0.15) is 24.2 Å². The lowest BCUT2D eigenvalue weighted by Crippen LogP contribution is -2.45. The molecule has 1 rings (SSSR count). The Labute approximate surface area is 167 Å². The number of methoxy groups -OCH3 is 1. The quantitative estimate of drug-likeness (QED) is 0.296. The fourth-order valence-electron chi connectivity index (χ4n) is 2.11. The van der Waals surface area contributed by atoms with Gasteiger partial charge in [-0.25, -0.2) is 9.59 Å². The van der Waals surface area contributed by atoms with Crippen molar-refractivity contribution < 1.29 is 28.7 Å². The van der Waals surface area contributed by atoms with Crippen LogP contribution in [0.15, 0.2) is 29.2 Å². The third-order valence-electron chi connectivity index (χ3n) is 3.44. The molecule has 1 aromatic rings. The minimum atomic E-state index is -1.18. The highest BCUT2D eigenvalue weighted by Gasteiger charge is 2.28. The van der Waals surface area contributed by atoms with Crippen LogP contribution in [0.5, 0.6) is 0 Å². The van der Waals surface area contributed by atoms with E-state index >= 15 is 0 Å². The number of rotatable bonds is 10. The summed E-state index contributed by atoms with van der Waals surface area (Å²) in [5.41, 5.74) is 5.17. The van der Waals surface area contributed by atoms with Crippen molar-refractivity contribution in [3.05, 3.63) is 29.8 Å². The van der Waals surface area contributed by atoms with Crippen molar-refractivity contribution in [2.24, 2.45) is 11.7 Å². The molecule has 0 saturated carbocycles. The number of thioether (sulfide) groups is 1. The molecule has 0 aliphatic rings. The first-order chi connectivity index (χ1) is 13.3. The Hall–Kier alpha value is -2.59. The van der Waals surface area contributed by atoms with Crippen molar-refractivity contribution in [3.63, 3.8) is 0 Å². The third-order valence-corrected chi connectivity index (χ3v) is 4.51. The minimum Gasteiger partial charge on any atom is -0.448 e. The standard InChI is InChI=1S/C18H25N3O6S/c1-11(2)15(16(23)21-18(19)25)27-17(24)12-6-4-5-7-13(12)28-10-14(22)20-8-9-26-3/h4-7,11,15H,8-10H2,1-3H3,(H,20,22)(H3,19,21,23,25)/t15-/m1/s1. The molecule has 154 valence electrons. The van der Waals surface area contributed by atoms with Crippen molar-refractivity contribution in [2.75, 3.05) is 26.0 Å². The van der Waals surface area contributed by atoms with Gasteiger partial charge in [0.1, 0.15) is 0 Å². The number of amides is 4. The highest BCUT2D eigenvalue weighted by molar-refractivity contribution is 8.00. The van der Waals surface area contributed by atoms with Gasteiger partial charge in [0, 0.05) is 18.6 Å². The average molecular weight is 411 g/mol. The van der Waals surface area contributed by atoms with Gasteiger partial charge in [-0.1, -0.05) is 26.0 Å². The lowest BCUT2D eigenvalue weighted by atomic mass is 10.1. The summed E-state index contributed by atoms with van der Waals surface area (Å²) in [7, 11) is 1.54. The first kappa shape index (κ1) is 23.4. The van der Waals surface area contributed by atoms with E-state index in [2.05, 4.69) is 5.32 Å². The number of carbonyl (C=O) groups excluding carboxylic acids is 4. The second-order valence-corrected chi connectivity index (χ2v) is 7.07. The van der Waals surface area contributed by atoms with E-state index in [0.29, 0.717) is 18.0 Å². The summed E-state index contributed by atoms with van der Waals surface area (Å²) in [6.45, 7) is 4.14. The molecule has 0 bridgehead atoms. The summed E-state index contributed by atoms with van der Waals surface area (Å²) >= 11 is 1.17. The van der Waals surface area contributed by atoms with Crippen LogP contribution in [0.4, 0.5) is 4.79 Å². The molecular weight excluding hydrogens is 386 g/mol. The molecule has 4 amide bonds. The molecular formula is C18H25N3O6S. The number of nitrogens with one attached hydrogen (secondary N) is 2. The number of urea groups is 1. The van der Waals surface area contributed by atoms with Crippen molar-refractivity contribution in [2.45, 2.75) is 24.8 Å². The topological polar surface area (TPSA) is 137 Å². The molecule has 0 heterocycles. The Kier molecular flexibility index (Phi) is 10.0. The highest BCUT2D eigenvalue weighted by Crippen LogP contribution is 2.24. The van der Waals surface area contributed by atoms with E-state index in [1.165, 1.54) is 24.9 Å². The molecule has 0 spiro atoms. The number of benzene rings is 1. The van der Waals surface area contributed by atoms with E-state index in [1.54, 1.807) is 32.0 Å². The zero-order chi connectivity index (χ0) is 21.1. The fourth-order valence-corrected chi connectivity index (χ4v) is 2.98. The summed E-state index contributed by atoms with van der Waals surface area (Å²) in [5.74, 6) is -2.01. The normalized spacial score (nSPS) is 11.6. The van der Waals surface area contributed by atoms with Crippen molar-refractivity contribution >= 4 is 35.6 Å². The number of ether oxygens (including phenoxy) is 2. The van der Waals surface area contributed by atoms with E-state index in [1.807, 2.05) is 5.32 Å². The van der Waals surface area contributed by atoms with Gasteiger partial charge in [0.15, 0.2) is 6.10 Å². The molecule has 1 aromatic carbocycles. The predicted molar refractivity (Wildman–Crippen MR) is 104 cm³/mol. The largest absolute Gasteiger partial charge is 0.448 e. The van der Waals surface area contributed by atoms with Gasteiger partial charge in [0.25, 0.3) is 5.91 Å². The van der Waals surface area contributed by atoms with Gasteiger partial charge in [0.05, 0.1) is 17.9 Å². The molecule has 0 aliphatic heterocycles. The summed E-state index contributed by atoms with van der Waals surface area (Å²) in [6.07, 6.45) is -1.18. The van der Waals surface area contributed by atoms with Crippen molar-refractivity contribution in [1.82, 2.24) is 10.6 Å². The maximum atomic E-state index is 12.6. The maximum absolute atomic E-state index is 12.6. The average Bonchev–Trinajstić information content (AvgIpc) is 2.63. The molecule has 9 nitrogen and oxygen atoms in total. The van der Waals surface area contributed by atoms with Gasteiger partial charge in [0.2, 0.25) is 5.91 Å². The summed E-state index contributed by atoms with van der Waals surface area (Å²) in [6, 6.07) is 5.56. The van der Waals surface area contributed by atoms with Crippen LogP contribution in [-0.2, 0) is 19.1 Å². The van der Waals surface area contributed by atoms with Gasteiger partial charge in [-0.05, 0) is 18.1 Å². The molecule has 0 aliphatic carbocycles. The van der Waals surface area contributed by atoms with Gasteiger partial charge in [-0.3, -0.25) is 14.9 Å². The zero-order valence-corrected chi connectivity index (χ0v) is 16.8. The number of carbonyl (C=O) groups is 4. The number of hydrogen-bond acceptors (Lipinski definition) is 7. The second-order valence-electron chi connectivity index (χ2n) is 6.05. The smallest absolute Gasteiger partial charge is 0.340 e. The second kappa shape index (κ2) is 12.0. The fraction of sp³-hybridized carbons (Fsp3) is 0.444. The van der Waals surface area contributed by atoms with Gasteiger partial charge >= 0.3 is 12.0 Å². The summed E-state index contributed by atoms with van der Waals surface area (Å²) in [4.78, 5) is 47.9. The van der Waals surface area contributed by atoms with Gasteiger partial charge in [-0.15, -0.1) is 11.8 Å². The van der Waals surface area contributed by atoms with Crippen molar-refractivity contribution in [3.8, 4) is 0 Å². The Balaban J connectivity index is 2.81. The number of imide groups is 1. The molecule has 4 N–H and O–H groups in total. The Bertz CT molecular complexity index is 710. The number of primary amides is 1. The molecule has 0 unspecified atom stereocenters. The van der Waals surface area contributed by atoms with E-state index < -0.39 is 24.0 Å². The Morgan fingerprint density at radius 3 is 2.46 bits per heavy atom. The van der Waals surface area contributed by atoms with Crippen LogP contribution < -0.4 is 16.4 Å². The molecule has 0 fully saturated rings. The number of nitrogens with two attached hydrogens (primary N) is 1. The number of hydrogen-bond donors (Lipinski definition) is 3. The molecule has 0 saturated heterocycles. The molecule has 0 radical (unpaired) electrons. The van der Waals surface area contributed by atoms with Crippen LogP contribution in [0.25, 0.3) is 0 Å². The lowest BCUT2D eigenvalue weighted by Gasteiger charge is -2.20. The van der Waals surface area contributed by atoms with Crippen molar-refractivity contribution in [1.29, 1.82) is 0 Å². The van der Waals surface area contributed by atoms with Crippen LogP contribution >= 0.6 is 11.8 Å². The third kappa shape index (κ3) is 7.97. The first-order valence-electron chi connectivity index (χ1n) is 8.55. The summed E-state index contributed by atoms with van der Waals surface area (Å²) < 4.78 is 10.2. The molecule has 10 heteroatoms. The SMILES string of the molecule is COCCNC(=O)CSc1ccccc1C(=O)O[C@@H](C(=O)NC(N)=O)C(C)C. The predicted octanol–water partition coefficient (Wildman–Crippen LogP) is 0.918. The lowest BCUT2D eigenvalue weighted by molar-refractivity contribution is -0.130. The van der Waals surface area contributed by atoms with E-state index in [-0.39, 0.29) is 23.1 Å². The molecule has 0 aromatic heterocycles. The minimum absolute atomic E-state index is 0.101. The Morgan fingerprint density at radius 2 is 1.86 bits per heavy atom. The van der Waals surface area contributed by atoms with Gasteiger partial charge in [-0.2, -0.15) is 0 Å². The summed E-state index contributed by atoms with van der Waals surface area (Å²) in [5, 5.41) is 4.60. The number of esters is 1. The van der Waals surface area contributed by atoms with Gasteiger partial charge < -0.3 is 20.5 Å². The first-order valence-corrected chi connectivity index (χ1v) is 9.53. The maximum Gasteiger partial charge on any atom is 0.340 e. The van der Waals surface area contributed by atoms with E-state index in [0.717, 1.165) is 0 Å². The van der Waals surface area contributed by atoms with Crippen LogP contribution in [-0.4, -0.2) is 55.9 Å². The Morgan fingerprint density at radius 1 is 1.18 bits per heavy atom. The highest BCUT2D eigenvalue weighted by atomic mass is 32.2.